The summed E-state index contributed by atoms with van der Waals surface area (Å²) in [7, 11) is 0. The first-order valence-corrected chi connectivity index (χ1v) is 8.92. The summed E-state index contributed by atoms with van der Waals surface area (Å²) in [6.45, 7) is 15.9. The molecule has 0 aliphatic rings. The van der Waals surface area contributed by atoms with Crippen LogP contribution in [0.5, 0.6) is 0 Å². The van der Waals surface area contributed by atoms with Gasteiger partial charge in [-0.2, -0.15) is 0 Å². The first kappa shape index (κ1) is 21.0. The lowest BCUT2D eigenvalue weighted by Crippen LogP contribution is -2.09. The van der Waals surface area contributed by atoms with Crippen molar-refractivity contribution < 1.29 is 0 Å². The minimum absolute atomic E-state index is 1.13. The van der Waals surface area contributed by atoms with Crippen LogP contribution in [0.2, 0.25) is 0 Å². The molecule has 0 aliphatic carbocycles. The first-order chi connectivity index (χ1) is 12.8. The van der Waals surface area contributed by atoms with Crippen molar-refractivity contribution in [3.05, 3.63) is 110 Å². The summed E-state index contributed by atoms with van der Waals surface area (Å²) >= 11 is 0. The summed E-state index contributed by atoms with van der Waals surface area (Å²) in [5, 5.41) is 0. The Kier molecular flexibility index (Phi) is 9.27. The van der Waals surface area contributed by atoms with Crippen LogP contribution in [0.3, 0.4) is 0 Å². The molecule has 0 spiro atoms. The van der Waals surface area contributed by atoms with Crippen LogP contribution in [0.25, 0.3) is 6.08 Å². The van der Waals surface area contributed by atoms with Gasteiger partial charge in [0.05, 0.1) is 0 Å². The summed E-state index contributed by atoms with van der Waals surface area (Å²) in [5.74, 6) is 0. The molecule has 3 aromatic rings. The van der Waals surface area contributed by atoms with E-state index in [0.29, 0.717) is 0 Å². The van der Waals surface area contributed by atoms with Crippen molar-refractivity contribution in [2.24, 2.45) is 0 Å². The predicted molar refractivity (Wildman–Crippen MR) is 119 cm³/mol. The van der Waals surface area contributed by atoms with Gasteiger partial charge in [0.1, 0.15) is 0 Å². The van der Waals surface area contributed by atoms with Crippen LogP contribution < -0.4 is 4.90 Å². The third-order valence-electron chi connectivity index (χ3n) is 3.69. The number of nitrogens with zero attached hydrogens (tertiary/aromatic N) is 1. The van der Waals surface area contributed by atoms with Crippen molar-refractivity contribution in [2.45, 2.75) is 20.8 Å². The smallest absolute Gasteiger partial charge is 0.0462 e. The SMILES string of the molecule is C=C.C=Cc1ccc(N(c2ccccc2)c2ccc(C)cc2)cc1.CC. The van der Waals surface area contributed by atoms with Crippen molar-refractivity contribution in [1.29, 1.82) is 0 Å². The molecule has 0 saturated heterocycles. The van der Waals surface area contributed by atoms with Gasteiger partial charge in [0.2, 0.25) is 0 Å². The molecular formula is C25H29N. The van der Waals surface area contributed by atoms with Gasteiger partial charge < -0.3 is 4.90 Å². The highest BCUT2D eigenvalue weighted by Crippen LogP contribution is 2.34. The van der Waals surface area contributed by atoms with Gasteiger partial charge in [0, 0.05) is 17.1 Å². The lowest BCUT2D eigenvalue weighted by molar-refractivity contribution is 1.27. The Morgan fingerprint density at radius 3 is 1.54 bits per heavy atom. The van der Waals surface area contributed by atoms with Crippen LogP contribution in [0.15, 0.2) is 98.6 Å². The van der Waals surface area contributed by atoms with Gasteiger partial charge in [0.15, 0.2) is 0 Å². The van der Waals surface area contributed by atoms with Gasteiger partial charge in [0.25, 0.3) is 0 Å². The van der Waals surface area contributed by atoms with E-state index in [4.69, 9.17) is 0 Å². The molecule has 1 nitrogen and oxygen atoms in total. The molecule has 0 unspecified atom stereocenters. The topological polar surface area (TPSA) is 3.24 Å². The molecule has 134 valence electrons. The molecular weight excluding hydrogens is 314 g/mol. The molecule has 0 radical (unpaired) electrons. The normalized spacial score (nSPS) is 9.04. The molecule has 0 saturated carbocycles. The number of hydrogen-bond acceptors (Lipinski definition) is 1. The van der Waals surface area contributed by atoms with Gasteiger partial charge >= 0.3 is 0 Å². The van der Waals surface area contributed by atoms with E-state index in [1.54, 1.807) is 0 Å². The Morgan fingerprint density at radius 1 is 0.654 bits per heavy atom. The minimum atomic E-state index is 1.13. The van der Waals surface area contributed by atoms with Crippen molar-refractivity contribution in [3.8, 4) is 0 Å². The molecule has 3 rings (SSSR count). The van der Waals surface area contributed by atoms with E-state index in [0.717, 1.165) is 22.6 Å². The molecule has 0 aliphatic heterocycles. The fourth-order valence-electron chi connectivity index (χ4n) is 2.48. The summed E-state index contributed by atoms with van der Waals surface area (Å²) in [5.41, 5.74) is 5.83. The largest absolute Gasteiger partial charge is 0.311 e. The van der Waals surface area contributed by atoms with Gasteiger partial charge in [-0.3, -0.25) is 0 Å². The van der Waals surface area contributed by atoms with Gasteiger partial charge in [-0.05, 0) is 48.9 Å². The highest BCUT2D eigenvalue weighted by Gasteiger charge is 2.11. The monoisotopic (exact) mass is 343 g/mol. The second kappa shape index (κ2) is 11.5. The third kappa shape index (κ3) is 5.49. The quantitative estimate of drug-likeness (QED) is 0.435. The average molecular weight is 344 g/mol. The molecule has 3 aromatic carbocycles. The summed E-state index contributed by atoms with van der Waals surface area (Å²) < 4.78 is 0. The van der Waals surface area contributed by atoms with Gasteiger partial charge in [-0.15, -0.1) is 13.2 Å². The van der Waals surface area contributed by atoms with Gasteiger partial charge in [-0.1, -0.05) is 74.5 Å². The maximum absolute atomic E-state index is 3.82. The molecule has 0 heterocycles. The molecule has 0 fully saturated rings. The summed E-state index contributed by atoms with van der Waals surface area (Å²) in [6.07, 6.45) is 1.86. The van der Waals surface area contributed by atoms with Crippen LogP contribution in [0.1, 0.15) is 25.0 Å². The first-order valence-electron chi connectivity index (χ1n) is 8.92. The van der Waals surface area contributed by atoms with Crippen molar-refractivity contribution in [1.82, 2.24) is 0 Å². The van der Waals surface area contributed by atoms with E-state index in [9.17, 15) is 0 Å². The summed E-state index contributed by atoms with van der Waals surface area (Å²) in [4.78, 5) is 2.26. The molecule has 1 heteroatoms. The number of anilines is 3. The van der Waals surface area contributed by atoms with E-state index < -0.39 is 0 Å². The average Bonchev–Trinajstić information content (AvgIpc) is 2.74. The zero-order chi connectivity index (χ0) is 19.4. The molecule has 0 aromatic heterocycles. The van der Waals surface area contributed by atoms with E-state index in [2.05, 4.69) is 104 Å². The number of hydrogen-bond donors (Lipinski definition) is 0. The van der Waals surface area contributed by atoms with Crippen molar-refractivity contribution in [3.63, 3.8) is 0 Å². The van der Waals surface area contributed by atoms with Crippen LogP contribution >= 0.6 is 0 Å². The number of aryl methyl sites for hydroxylation is 1. The van der Waals surface area contributed by atoms with Crippen molar-refractivity contribution >= 4 is 23.1 Å². The zero-order valence-corrected chi connectivity index (χ0v) is 16.2. The second-order valence-electron chi connectivity index (χ2n) is 5.30. The second-order valence-corrected chi connectivity index (χ2v) is 5.30. The fourth-order valence-corrected chi connectivity index (χ4v) is 2.48. The summed E-state index contributed by atoms with van der Waals surface area (Å²) in [6, 6.07) is 27.5. The Labute approximate surface area is 158 Å². The highest BCUT2D eigenvalue weighted by molar-refractivity contribution is 5.76. The lowest BCUT2D eigenvalue weighted by Gasteiger charge is -2.25. The molecule has 0 N–H and O–H groups in total. The molecule has 26 heavy (non-hydrogen) atoms. The van der Waals surface area contributed by atoms with Crippen LogP contribution in [-0.2, 0) is 0 Å². The Balaban J connectivity index is 0.000000791. The molecule has 0 atom stereocenters. The number of rotatable bonds is 4. The highest BCUT2D eigenvalue weighted by atomic mass is 15.1. The molecule has 0 amide bonds. The van der Waals surface area contributed by atoms with E-state index in [-0.39, 0.29) is 0 Å². The number of para-hydroxylation sites is 1. The lowest BCUT2D eigenvalue weighted by atomic mass is 10.1. The standard InChI is InChI=1S/C21H19N.C2H6.C2H4/c1-3-18-11-15-21(16-12-18)22(19-7-5-4-6-8-19)20-13-9-17(2)10-14-20;2*1-2/h3-16H,1H2,2H3;1-2H3;1-2H2. The zero-order valence-electron chi connectivity index (χ0n) is 16.2. The van der Waals surface area contributed by atoms with E-state index >= 15 is 0 Å². The van der Waals surface area contributed by atoms with E-state index in [1.807, 2.05) is 26.0 Å². The molecule has 0 bridgehead atoms. The van der Waals surface area contributed by atoms with Crippen LogP contribution in [-0.4, -0.2) is 0 Å². The van der Waals surface area contributed by atoms with E-state index in [1.165, 1.54) is 5.56 Å². The predicted octanol–water partition coefficient (Wildman–Crippen LogP) is 7.94. The van der Waals surface area contributed by atoms with Crippen LogP contribution in [0.4, 0.5) is 17.1 Å². The van der Waals surface area contributed by atoms with Crippen molar-refractivity contribution in [2.75, 3.05) is 4.90 Å². The van der Waals surface area contributed by atoms with Gasteiger partial charge in [-0.25, -0.2) is 0 Å². The maximum atomic E-state index is 3.82. The minimum Gasteiger partial charge on any atom is -0.311 e. The Morgan fingerprint density at radius 2 is 1.08 bits per heavy atom. The maximum Gasteiger partial charge on any atom is 0.0462 e. The number of benzene rings is 3. The third-order valence-corrected chi connectivity index (χ3v) is 3.69. The Hall–Kier alpha value is -3.06. The van der Waals surface area contributed by atoms with Crippen LogP contribution in [0, 0.1) is 6.92 Å². The fraction of sp³-hybridized carbons (Fsp3) is 0.120. The Bertz CT molecular complexity index is 756.